The predicted octanol–water partition coefficient (Wildman–Crippen LogP) is 4.44. The third kappa shape index (κ3) is 5.66. The average molecular weight is 510 g/mol. The molecule has 0 saturated carbocycles. The number of carbonyl (C=O) groups excluding carboxylic acids is 3. The van der Waals surface area contributed by atoms with E-state index in [1.54, 1.807) is 29.6 Å². The van der Waals surface area contributed by atoms with E-state index in [4.69, 9.17) is 4.42 Å². The van der Waals surface area contributed by atoms with Crippen LogP contribution in [0.2, 0.25) is 0 Å². The molecule has 4 rings (SSSR count). The number of anilines is 1. The van der Waals surface area contributed by atoms with E-state index in [2.05, 4.69) is 10.6 Å². The number of nitrogens with one attached hydrogen (secondary N) is 2. The molecule has 0 radical (unpaired) electrons. The molecular weight excluding hydrogens is 488 g/mol. The van der Waals surface area contributed by atoms with Crippen LogP contribution in [0, 0.1) is 11.6 Å². The van der Waals surface area contributed by atoms with Gasteiger partial charge < -0.3 is 15.1 Å². The SMILES string of the molecule is O=C(NCC(=O)N(c1ccccc1F)C(C(=O)NCc1ccco1)c1ccccc1F)c1cccs1. The first-order valence-corrected chi connectivity index (χ1v) is 11.8. The molecular formula is C26H21F2N3O4S. The Morgan fingerprint density at radius 1 is 0.889 bits per heavy atom. The number of hydrogen-bond acceptors (Lipinski definition) is 5. The molecule has 0 saturated heterocycles. The standard InChI is InChI=1S/C26H21F2N3O4S/c27-19-9-2-1-8-18(19)24(26(34)29-15-17-7-5-13-35-17)31(21-11-4-3-10-20(21)28)23(32)16-30-25(33)22-12-6-14-36-22/h1-14,24H,15-16H2,(H,29,34)(H,30,33). The number of carbonyl (C=O) groups is 3. The molecule has 1 atom stereocenters. The van der Waals surface area contributed by atoms with Crippen molar-refractivity contribution in [3.8, 4) is 0 Å². The largest absolute Gasteiger partial charge is 0.467 e. The smallest absolute Gasteiger partial charge is 0.261 e. The summed E-state index contributed by atoms with van der Waals surface area (Å²) >= 11 is 1.19. The lowest BCUT2D eigenvalue weighted by Gasteiger charge is -2.32. The zero-order chi connectivity index (χ0) is 25.5. The highest BCUT2D eigenvalue weighted by Gasteiger charge is 2.36. The van der Waals surface area contributed by atoms with Crippen molar-refractivity contribution < 1.29 is 27.6 Å². The van der Waals surface area contributed by atoms with Crippen LogP contribution in [0.1, 0.15) is 27.0 Å². The third-order valence-corrected chi connectivity index (χ3v) is 6.12. The molecule has 0 aliphatic carbocycles. The Morgan fingerprint density at radius 3 is 2.31 bits per heavy atom. The maximum atomic E-state index is 15.0. The van der Waals surface area contributed by atoms with Gasteiger partial charge in [0.05, 0.1) is 29.9 Å². The van der Waals surface area contributed by atoms with Gasteiger partial charge in [0.15, 0.2) is 0 Å². The molecule has 36 heavy (non-hydrogen) atoms. The van der Waals surface area contributed by atoms with Gasteiger partial charge in [0, 0.05) is 5.56 Å². The first-order valence-electron chi connectivity index (χ1n) is 10.9. The lowest BCUT2D eigenvalue weighted by atomic mass is 10.0. The zero-order valence-electron chi connectivity index (χ0n) is 18.8. The van der Waals surface area contributed by atoms with Crippen molar-refractivity contribution in [1.82, 2.24) is 10.6 Å². The quantitative estimate of drug-likeness (QED) is 0.349. The van der Waals surface area contributed by atoms with Crippen molar-refractivity contribution in [2.45, 2.75) is 12.6 Å². The van der Waals surface area contributed by atoms with Gasteiger partial charge in [0.2, 0.25) is 11.8 Å². The maximum absolute atomic E-state index is 15.0. The molecule has 3 amide bonds. The number of amides is 3. The molecule has 0 aliphatic rings. The summed E-state index contributed by atoms with van der Waals surface area (Å²) in [5.74, 6) is -3.20. The number of rotatable bonds is 9. The minimum absolute atomic E-state index is 0.0365. The van der Waals surface area contributed by atoms with Gasteiger partial charge >= 0.3 is 0 Å². The second kappa shape index (κ2) is 11.4. The summed E-state index contributed by atoms with van der Waals surface area (Å²) in [6, 6.07) is 15.7. The molecule has 7 nitrogen and oxygen atoms in total. The molecule has 184 valence electrons. The van der Waals surface area contributed by atoms with Crippen LogP contribution in [0.25, 0.3) is 0 Å². The molecule has 10 heteroatoms. The Labute approximate surface area is 209 Å². The Morgan fingerprint density at radius 2 is 1.64 bits per heavy atom. The van der Waals surface area contributed by atoms with Crippen LogP contribution in [0.3, 0.4) is 0 Å². The average Bonchev–Trinajstić information content (AvgIpc) is 3.60. The Balaban J connectivity index is 1.70. The van der Waals surface area contributed by atoms with Crippen molar-refractivity contribution in [2.24, 2.45) is 0 Å². The van der Waals surface area contributed by atoms with E-state index in [0.717, 1.165) is 17.0 Å². The van der Waals surface area contributed by atoms with Crippen LogP contribution in [0.5, 0.6) is 0 Å². The minimum atomic E-state index is -1.58. The van der Waals surface area contributed by atoms with E-state index in [-0.39, 0.29) is 17.8 Å². The van der Waals surface area contributed by atoms with E-state index >= 15 is 0 Å². The molecule has 2 aromatic carbocycles. The summed E-state index contributed by atoms with van der Waals surface area (Å²) in [5.41, 5.74) is -0.384. The van der Waals surface area contributed by atoms with Crippen LogP contribution in [-0.4, -0.2) is 24.3 Å². The Hall–Kier alpha value is -4.31. The number of benzene rings is 2. The second-order valence-electron chi connectivity index (χ2n) is 7.60. The minimum Gasteiger partial charge on any atom is -0.467 e. The molecule has 4 aromatic rings. The molecule has 2 N–H and O–H groups in total. The van der Waals surface area contributed by atoms with Gasteiger partial charge in [0.1, 0.15) is 23.4 Å². The Bertz CT molecular complexity index is 1340. The summed E-state index contributed by atoms with van der Waals surface area (Å²) in [6.07, 6.45) is 1.43. The van der Waals surface area contributed by atoms with Gasteiger partial charge in [-0.2, -0.15) is 0 Å². The van der Waals surface area contributed by atoms with E-state index in [0.29, 0.717) is 10.6 Å². The normalized spacial score (nSPS) is 11.5. The number of thiophene rings is 1. The number of para-hydroxylation sites is 1. The van der Waals surface area contributed by atoms with Gasteiger partial charge in [-0.25, -0.2) is 8.78 Å². The number of furan rings is 1. The fourth-order valence-electron chi connectivity index (χ4n) is 3.58. The van der Waals surface area contributed by atoms with E-state index in [1.807, 2.05) is 0 Å². The van der Waals surface area contributed by atoms with Gasteiger partial charge in [0.25, 0.3) is 5.91 Å². The first-order chi connectivity index (χ1) is 17.5. The molecule has 1 unspecified atom stereocenters. The van der Waals surface area contributed by atoms with E-state index in [1.165, 1.54) is 54.0 Å². The molecule has 0 spiro atoms. The molecule has 0 aliphatic heterocycles. The summed E-state index contributed by atoms with van der Waals surface area (Å²) in [4.78, 5) is 40.5. The van der Waals surface area contributed by atoms with Gasteiger partial charge in [-0.05, 0) is 41.8 Å². The zero-order valence-corrected chi connectivity index (χ0v) is 19.6. The predicted molar refractivity (Wildman–Crippen MR) is 130 cm³/mol. The summed E-state index contributed by atoms with van der Waals surface area (Å²) in [6.45, 7) is -0.591. The van der Waals surface area contributed by atoms with Gasteiger partial charge in [-0.3, -0.25) is 19.3 Å². The Kier molecular flexibility index (Phi) is 7.86. The topological polar surface area (TPSA) is 91.7 Å². The van der Waals surface area contributed by atoms with Crippen LogP contribution in [0.4, 0.5) is 14.5 Å². The summed E-state index contributed by atoms with van der Waals surface area (Å²) in [5, 5.41) is 6.82. The van der Waals surface area contributed by atoms with Crippen molar-refractivity contribution in [3.05, 3.63) is 112 Å². The molecule has 0 fully saturated rings. The van der Waals surface area contributed by atoms with Crippen LogP contribution in [0.15, 0.2) is 88.9 Å². The summed E-state index contributed by atoms with van der Waals surface area (Å²) in [7, 11) is 0. The van der Waals surface area contributed by atoms with Crippen LogP contribution >= 0.6 is 11.3 Å². The van der Waals surface area contributed by atoms with Crippen molar-refractivity contribution >= 4 is 34.7 Å². The highest BCUT2D eigenvalue weighted by atomic mass is 32.1. The number of nitrogens with zero attached hydrogens (tertiary/aromatic N) is 1. The molecule has 0 bridgehead atoms. The molecule has 2 aromatic heterocycles. The van der Waals surface area contributed by atoms with Crippen molar-refractivity contribution in [3.63, 3.8) is 0 Å². The second-order valence-corrected chi connectivity index (χ2v) is 8.54. The summed E-state index contributed by atoms with van der Waals surface area (Å²) < 4.78 is 35.1. The van der Waals surface area contributed by atoms with E-state index < -0.39 is 41.9 Å². The fourth-order valence-corrected chi connectivity index (χ4v) is 4.22. The highest BCUT2D eigenvalue weighted by molar-refractivity contribution is 7.12. The highest BCUT2D eigenvalue weighted by Crippen LogP contribution is 2.31. The maximum Gasteiger partial charge on any atom is 0.261 e. The van der Waals surface area contributed by atoms with Gasteiger partial charge in [-0.1, -0.05) is 36.4 Å². The first kappa shape index (κ1) is 24.8. The molecule has 2 heterocycles. The lowest BCUT2D eigenvalue weighted by molar-refractivity contribution is -0.126. The van der Waals surface area contributed by atoms with Gasteiger partial charge in [-0.15, -0.1) is 11.3 Å². The van der Waals surface area contributed by atoms with E-state index in [9.17, 15) is 23.2 Å². The van der Waals surface area contributed by atoms with Crippen molar-refractivity contribution in [2.75, 3.05) is 11.4 Å². The third-order valence-electron chi connectivity index (χ3n) is 5.25. The van der Waals surface area contributed by atoms with Crippen LogP contribution in [-0.2, 0) is 16.1 Å². The lowest BCUT2D eigenvalue weighted by Crippen LogP contribution is -2.48. The monoisotopic (exact) mass is 509 g/mol. The number of halogens is 2. The fraction of sp³-hybridized carbons (Fsp3) is 0.115. The van der Waals surface area contributed by atoms with Crippen LogP contribution < -0.4 is 15.5 Å². The number of hydrogen-bond donors (Lipinski definition) is 2. The van der Waals surface area contributed by atoms with Crippen molar-refractivity contribution in [1.29, 1.82) is 0 Å².